The first kappa shape index (κ1) is 30.1. The third-order valence-electron chi connectivity index (χ3n) is 10.5. The average Bonchev–Trinajstić information content (AvgIpc) is 3.10. The van der Waals surface area contributed by atoms with E-state index in [-0.39, 0.29) is 11.2 Å². The number of nitriles is 1. The predicted molar refractivity (Wildman–Crippen MR) is 188 cm³/mol. The van der Waals surface area contributed by atoms with Crippen molar-refractivity contribution in [2.24, 2.45) is 17.8 Å². The van der Waals surface area contributed by atoms with Gasteiger partial charge in [0.25, 0.3) is 0 Å². The Labute approximate surface area is 280 Å². The number of benzene rings is 4. The molecule has 0 N–H and O–H groups in total. The molecular weight excluding hydrogens is 593 g/mol. The van der Waals surface area contributed by atoms with Crippen LogP contribution in [0.1, 0.15) is 57.1 Å². The molecule has 2 aromatic heterocycles. The molecule has 0 aliphatic heterocycles. The molecule has 0 spiro atoms. The summed E-state index contributed by atoms with van der Waals surface area (Å²) < 4.78 is 13.8. The first-order valence-corrected chi connectivity index (χ1v) is 16.9. The summed E-state index contributed by atoms with van der Waals surface area (Å²) in [6.07, 6.45) is 9.89. The highest BCUT2D eigenvalue weighted by molar-refractivity contribution is 5.94. The summed E-state index contributed by atoms with van der Waals surface area (Å²) in [6.45, 7) is 4.80. The van der Waals surface area contributed by atoms with E-state index in [2.05, 4.69) is 43.1 Å². The zero-order valence-electron chi connectivity index (χ0n) is 27.2. The molecule has 5 nitrogen and oxygen atoms in total. The molecule has 4 aromatic carbocycles. The number of rotatable bonds is 5. The van der Waals surface area contributed by atoms with Crippen molar-refractivity contribution in [1.82, 2.24) is 19.9 Å². The van der Waals surface area contributed by atoms with Crippen LogP contribution in [0, 0.1) is 34.9 Å². The standard InChI is InChI=1S/C42H36FN5/c1-26-18-28-19-27(2)22-42(21-26,23-28)34-12-15-36(33(20-34)24-44)29-6-8-30(9-7-29)39-46-40(31-10-13-35(43)14-11-31)48-41(47-39)38-5-3-4-32-25-45-17-16-37(32)38/h3-17,20,25-28H,18-19,21-23H2,1-2H3/t26-,27+,28?,42?. The van der Waals surface area contributed by atoms with Crippen molar-refractivity contribution in [2.75, 3.05) is 0 Å². The van der Waals surface area contributed by atoms with Crippen LogP contribution in [0.3, 0.4) is 0 Å². The molecule has 236 valence electrons. The number of hydrogen-bond donors (Lipinski definition) is 0. The van der Waals surface area contributed by atoms with E-state index >= 15 is 0 Å². The van der Waals surface area contributed by atoms with Gasteiger partial charge in [0.1, 0.15) is 5.82 Å². The maximum Gasteiger partial charge on any atom is 0.164 e. The molecule has 0 saturated heterocycles. The van der Waals surface area contributed by atoms with Gasteiger partial charge in [-0.1, -0.05) is 68.4 Å². The van der Waals surface area contributed by atoms with Gasteiger partial charge in [0.2, 0.25) is 0 Å². The van der Waals surface area contributed by atoms with Gasteiger partial charge in [-0.25, -0.2) is 19.3 Å². The van der Waals surface area contributed by atoms with E-state index in [0.717, 1.165) is 38.9 Å². The quantitative estimate of drug-likeness (QED) is 0.190. The predicted octanol–water partition coefficient (Wildman–Crippen LogP) is 10.2. The Bertz CT molecular complexity index is 2160. The molecule has 2 saturated carbocycles. The molecule has 2 heterocycles. The van der Waals surface area contributed by atoms with Crippen molar-refractivity contribution in [3.63, 3.8) is 0 Å². The van der Waals surface area contributed by atoms with E-state index in [1.54, 1.807) is 18.3 Å². The second-order valence-electron chi connectivity index (χ2n) is 14.1. The molecule has 0 amide bonds. The van der Waals surface area contributed by atoms with Crippen LogP contribution in [0.2, 0.25) is 0 Å². The first-order chi connectivity index (χ1) is 23.4. The second kappa shape index (κ2) is 12.1. The van der Waals surface area contributed by atoms with Crippen LogP contribution in [-0.2, 0) is 5.41 Å². The molecule has 6 aromatic rings. The summed E-state index contributed by atoms with van der Waals surface area (Å²) in [5.74, 6) is 3.39. The third kappa shape index (κ3) is 5.54. The molecule has 4 atom stereocenters. The molecule has 48 heavy (non-hydrogen) atoms. The molecule has 6 heteroatoms. The van der Waals surface area contributed by atoms with E-state index in [1.165, 1.54) is 49.8 Å². The Morgan fingerprint density at radius 2 is 1.35 bits per heavy atom. The monoisotopic (exact) mass is 629 g/mol. The molecular formula is C42H36FN5. The lowest BCUT2D eigenvalue weighted by molar-refractivity contribution is 0.0780. The van der Waals surface area contributed by atoms with Gasteiger partial charge in [0.05, 0.1) is 11.6 Å². The van der Waals surface area contributed by atoms with Crippen LogP contribution in [0.5, 0.6) is 0 Å². The molecule has 2 bridgehead atoms. The van der Waals surface area contributed by atoms with Crippen molar-refractivity contribution in [1.29, 1.82) is 5.26 Å². The van der Waals surface area contributed by atoms with Gasteiger partial charge >= 0.3 is 0 Å². The second-order valence-corrected chi connectivity index (χ2v) is 14.1. The van der Waals surface area contributed by atoms with E-state index in [0.29, 0.717) is 40.4 Å². The lowest BCUT2D eigenvalue weighted by atomic mass is 9.54. The Morgan fingerprint density at radius 1 is 0.708 bits per heavy atom. The summed E-state index contributed by atoms with van der Waals surface area (Å²) in [5.41, 5.74) is 6.51. The minimum absolute atomic E-state index is 0.174. The highest BCUT2D eigenvalue weighted by Crippen LogP contribution is 2.54. The van der Waals surface area contributed by atoms with Gasteiger partial charge in [-0.2, -0.15) is 5.26 Å². The number of hydrogen-bond acceptors (Lipinski definition) is 5. The van der Waals surface area contributed by atoms with Gasteiger partial charge in [0, 0.05) is 34.5 Å². The molecule has 2 aliphatic carbocycles. The zero-order chi connectivity index (χ0) is 32.8. The number of pyridine rings is 1. The van der Waals surface area contributed by atoms with Crippen LogP contribution in [-0.4, -0.2) is 19.9 Å². The lowest BCUT2D eigenvalue weighted by Gasteiger charge is -2.50. The molecule has 2 fully saturated rings. The van der Waals surface area contributed by atoms with E-state index in [4.69, 9.17) is 15.0 Å². The number of aromatic nitrogens is 4. The topological polar surface area (TPSA) is 75.3 Å². The lowest BCUT2D eigenvalue weighted by Crippen LogP contribution is -2.42. The van der Waals surface area contributed by atoms with Crippen LogP contribution in [0.4, 0.5) is 4.39 Å². The van der Waals surface area contributed by atoms with Gasteiger partial charge in [-0.05, 0) is 114 Å². The molecule has 2 aliphatic rings. The van der Waals surface area contributed by atoms with E-state index in [1.807, 2.05) is 54.7 Å². The fourth-order valence-corrected chi connectivity index (χ4v) is 8.75. The summed E-state index contributed by atoms with van der Waals surface area (Å²) in [7, 11) is 0. The smallest absolute Gasteiger partial charge is 0.164 e. The summed E-state index contributed by atoms with van der Waals surface area (Å²) in [6, 6.07) is 31.3. The number of halogens is 1. The van der Waals surface area contributed by atoms with Crippen LogP contribution in [0.25, 0.3) is 56.1 Å². The largest absolute Gasteiger partial charge is 0.264 e. The maximum absolute atomic E-state index is 13.8. The van der Waals surface area contributed by atoms with Gasteiger partial charge < -0.3 is 0 Å². The SMILES string of the molecule is C[C@@H]1CC2C[C@H](C)CC(c3ccc(-c4ccc(-c5nc(-c6ccc(F)cc6)nc(-c6cccc7cnccc67)n5)cc4)c(C#N)c3)(C2)C1. The average molecular weight is 630 g/mol. The molecule has 0 radical (unpaired) electrons. The number of nitrogens with zero attached hydrogens (tertiary/aromatic N) is 5. The maximum atomic E-state index is 13.8. The van der Waals surface area contributed by atoms with Gasteiger partial charge in [0.15, 0.2) is 17.5 Å². The highest BCUT2D eigenvalue weighted by atomic mass is 19.1. The Kier molecular flexibility index (Phi) is 7.56. The van der Waals surface area contributed by atoms with Crippen molar-refractivity contribution in [3.8, 4) is 51.4 Å². The minimum Gasteiger partial charge on any atom is -0.264 e. The Hall–Kier alpha value is -5.28. The summed E-state index contributed by atoms with van der Waals surface area (Å²) >= 11 is 0. The normalized spacial score (nSPS) is 21.9. The van der Waals surface area contributed by atoms with Crippen molar-refractivity contribution < 1.29 is 4.39 Å². The van der Waals surface area contributed by atoms with Crippen LogP contribution >= 0.6 is 0 Å². The fraction of sp³-hybridized carbons (Fsp3) is 0.262. The molecule has 2 unspecified atom stereocenters. The van der Waals surface area contributed by atoms with E-state index in [9.17, 15) is 9.65 Å². The Morgan fingerprint density at radius 3 is 2.04 bits per heavy atom. The molecule has 8 rings (SSSR count). The van der Waals surface area contributed by atoms with E-state index < -0.39 is 0 Å². The summed E-state index contributed by atoms with van der Waals surface area (Å²) in [4.78, 5) is 18.9. The van der Waals surface area contributed by atoms with Crippen LogP contribution < -0.4 is 0 Å². The number of fused-ring (bicyclic) bond motifs is 3. The Balaban J connectivity index is 1.17. The van der Waals surface area contributed by atoms with Gasteiger partial charge in [-0.15, -0.1) is 0 Å². The minimum atomic E-state index is -0.319. The van der Waals surface area contributed by atoms with Gasteiger partial charge in [-0.3, -0.25) is 4.98 Å². The van der Waals surface area contributed by atoms with Crippen LogP contribution in [0.15, 0.2) is 103 Å². The first-order valence-electron chi connectivity index (χ1n) is 16.9. The third-order valence-corrected chi connectivity index (χ3v) is 10.5. The van der Waals surface area contributed by atoms with Crippen molar-refractivity contribution >= 4 is 10.8 Å². The fourth-order valence-electron chi connectivity index (χ4n) is 8.75. The zero-order valence-corrected chi connectivity index (χ0v) is 27.2. The summed E-state index contributed by atoms with van der Waals surface area (Å²) in [5, 5.41) is 12.3. The highest BCUT2D eigenvalue weighted by Gasteiger charge is 2.45. The van der Waals surface area contributed by atoms with Crippen molar-refractivity contribution in [3.05, 3.63) is 120 Å². The van der Waals surface area contributed by atoms with Crippen molar-refractivity contribution in [2.45, 2.75) is 51.4 Å².